The molecule has 5 N–H and O–H groups in total. The van der Waals surface area contributed by atoms with Crippen molar-refractivity contribution in [1.29, 1.82) is 0 Å². The Morgan fingerprint density at radius 2 is 1.73 bits per heavy atom. The SMILES string of the molecule is CC(NC(=O)OCc1ccc(C2CC2NCC2CC2)cc1)c1ccc(C(=O)Nc2ccccc2N)cc1. The maximum atomic E-state index is 12.5. The van der Waals surface area contributed by atoms with Gasteiger partial charge in [0.15, 0.2) is 0 Å². The summed E-state index contributed by atoms with van der Waals surface area (Å²) in [4.78, 5) is 24.9. The number of nitrogens with two attached hydrogens (primary N) is 1. The Labute approximate surface area is 217 Å². The number of hydrogen-bond acceptors (Lipinski definition) is 5. The van der Waals surface area contributed by atoms with Crippen LogP contribution in [0.25, 0.3) is 0 Å². The molecule has 0 spiro atoms. The molecule has 0 aromatic heterocycles. The number of ether oxygens (including phenoxy) is 1. The van der Waals surface area contributed by atoms with Crippen LogP contribution in [0.5, 0.6) is 0 Å². The predicted molar refractivity (Wildman–Crippen MR) is 145 cm³/mol. The number of nitrogens with one attached hydrogen (secondary N) is 3. The molecule has 3 aromatic carbocycles. The molecule has 3 atom stereocenters. The summed E-state index contributed by atoms with van der Waals surface area (Å²) in [5.41, 5.74) is 10.7. The van der Waals surface area contributed by atoms with Gasteiger partial charge in [-0.3, -0.25) is 4.79 Å². The first-order valence-corrected chi connectivity index (χ1v) is 13.0. The second-order valence-electron chi connectivity index (χ2n) is 10.1. The fourth-order valence-electron chi connectivity index (χ4n) is 4.47. The molecule has 7 nitrogen and oxygen atoms in total. The summed E-state index contributed by atoms with van der Waals surface area (Å²) in [6.07, 6.45) is 3.48. The Bertz CT molecular complexity index is 1240. The highest BCUT2D eigenvalue weighted by molar-refractivity contribution is 6.05. The van der Waals surface area contributed by atoms with Crippen molar-refractivity contribution < 1.29 is 14.3 Å². The summed E-state index contributed by atoms with van der Waals surface area (Å²) in [6, 6.07) is 22.9. The van der Waals surface area contributed by atoms with E-state index < -0.39 is 6.09 Å². The van der Waals surface area contributed by atoms with Gasteiger partial charge in [-0.25, -0.2) is 4.79 Å². The fraction of sp³-hybridized carbons (Fsp3) is 0.333. The van der Waals surface area contributed by atoms with Crippen LogP contribution in [0, 0.1) is 5.92 Å². The quantitative estimate of drug-likeness (QED) is 0.282. The van der Waals surface area contributed by atoms with Crippen molar-refractivity contribution >= 4 is 23.4 Å². The molecule has 0 saturated heterocycles. The lowest BCUT2D eigenvalue weighted by Gasteiger charge is -2.15. The Hall–Kier alpha value is -3.84. The van der Waals surface area contributed by atoms with E-state index >= 15 is 0 Å². The second kappa shape index (κ2) is 11.0. The third-order valence-corrected chi connectivity index (χ3v) is 7.15. The van der Waals surface area contributed by atoms with Gasteiger partial charge in [-0.1, -0.05) is 48.5 Å². The average Bonchev–Trinajstić information content (AvgIpc) is 3.83. The summed E-state index contributed by atoms with van der Waals surface area (Å²) in [7, 11) is 0. The van der Waals surface area contributed by atoms with Crippen LogP contribution >= 0.6 is 0 Å². The normalized spacial score (nSPS) is 19.1. The van der Waals surface area contributed by atoms with Crippen molar-refractivity contribution in [3.63, 3.8) is 0 Å². The van der Waals surface area contributed by atoms with Gasteiger partial charge < -0.3 is 26.4 Å². The van der Waals surface area contributed by atoms with Gasteiger partial charge in [0.1, 0.15) is 6.61 Å². The zero-order valence-electron chi connectivity index (χ0n) is 21.1. The summed E-state index contributed by atoms with van der Waals surface area (Å²) >= 11 is 0. The lowest BCUT2D eigenvalue weighted by Crippen LogP contribution is -2.27. The number of rotatable bonds is 10. The molecule has 0 heterocycles. The van der Waals surface area contributed by atoms with Gasteiger partial charge in [-0.2, -0.15) is 0 Å². The molecule has 192 valence electrons. The predicted octanol–water partition coefficient (Wildman–Crippen LogP) is 5.36. The second-order valence-corrected chi connectivity index (χ2v) is 10.1. The van der Waals surface area contributed by atoms with E-state index in [0.717, 1.165) is 23.6 Å². The van der Waals surface area contributed by atoms with Gasteiger partial charge in [0.2, 0.25) is 0 Å². The number of nitrogen functional groups attached to an aromatic ring is 1. The van der Waals surface area contributed by atoms with Gasteiger partial charge >= 0.3 is 6.09 Å². The molecule has 37 heavy (non-hydrogen) atoms. The Morgan fingerprint density at radius 1 is 1.00 bits per heavy atom. The lowest BCUT2D eigenvalue weighted by atomic mass is 10.1. The zero-order valence-corrected chi connectivity index (χ0v) is 21.1. The molecule has 7 heteroatoms. The van der Waals surface area contributed by atoms with E-state index in [1.807, 2.05) is 43.3 Å². The number of benzene rings is 3. The molecule has 2 fully saturated rings. The van der Waals surface area contributed by atoms with Crippen LogP contribution in [-0.2, 0) is 11.3 Å². The number of carbonyl (C=O) groups excluding carboxylic acids is 2. The molecule has 0 radical (unpaired) electrons. The van der Waals surface area contributed by atoms with Crippen molar-refractivity contribution in [3.8, 4) is 0 Å². The minimum Gasteiger partial charge on any atom is -0.445 e. The molecule has 2 amide bonds. The first-order valence-electron chi connectivity index (χ1n) is 13.0. The molecule has 0 bridgehead atoms. The van der Waals surface area contributed by atoms with Crippen LogP contribution in [0.15, 0.2) is 72.8 Å². The number of hydrogen-bond donors (Lipinski definition) is 4. The molecule has 0 aliphatic heterocycles. The standard InChI is InChI=1S/C30H34N4O3/c1-19(22-12-14-24(15-13-22)29(35)34-27-5-3-2-4-26(27)31)33-30(36)37-18-21-8-10-23(11-9-21)25-16-28(25)32-17-20-6-7-20/h2-5,8-15,19-20,25,28,32H,6-7,16-18,31H2,1H3,(H,33,36)(H,34,35). The Morgan fingerprint density at radius 3 is 2.43 bits per heavy atom. The summed E-state index contributed by atoms with van der Waals surface area (Å²) in [5, 5.41) is 9.33. The first kappa shape index (κ1) is 24.8. The van der Waals surface area contributed by atoms with Crippen LogP contribution in [-0.4, -0.2) is 24.6 Å². The highest BCUT2D eigenvalue weighted by atomic mass is 16.5. The van der Waals surface area contributed by atoms with E-state index in [1.165, 1.54) is 24.8 Å². The minimum atomic E-state index is -0.482. The number of alkyl carbamates (subject to hydrolysis) is 1. The number of amides is 2. The van der Waals surface area contributed by atoms with E-state index in [-0.39, 0.29) is 18.6 Å². The molecular weight excluding hydrogens is 464 g/mol. The highest BCUT2D eigenvalue weighted by Crippen LogP contribution is 2.41. The van der Waals surface area contributed by atoms with E-state index in [0.29, 0.717) is 28.9 Å². The van der Waals surface area contributed by atoms with Crippen molar-refractivity contribution in [2.45, 2.75) is 50.8 Å². The highest BCUT2D eigenvalue weighted by Gasteiger charge is 2.38. The van der Waals surface area contributed by atoms with Crippen LogP contribution in [0.1, 0.15) is 65.2 Å². The third-order valence-electron chi connectivity index (χ3n) is 7.15. The van der Waals surface area contributed by atoms with E-state index in [9.17, 15) is 9.59 Å². The molecule has 2 saturated carbocycles. The molecule has 5 rings (SSSR count). The van der Waals surface area contributed by atoms with Gasteiger partial charge in [0, 0.05) is 17.5 Å². The summed E-state index contributed by atoms with van der Waals surface area (Å²) in [5.74, 6) is 1.26. The zero-order chi connectivity index (χ0) is 25.8. The maximum Gasteiger partial charge on any atom is 0.407 e. The lowest BCUT2D eigenvalue weighted by molar-refractivity contribution is 0.102. The third kappa shape index (κ3) is 6.68. The average molecular weight is 499 g/mol. The summed E-state index contributed by atoms with van der Waals surface area (Å²) < 4.78 is 5.43. The Balaban J connectivity index is 1.05. The number of para-hydroxylation sites is 2. The molecule has 2 aliphatic rings. The van der Waals surface area contributed by atoms with Gasteiger partial charge in [-0.05, 0) is 79.6 Å². The number of carbonyl (C=O) groups is 2. The first-order chi connectivity index (χ1) is 18.0. The van der Waals surface area contributed by atoms with Crippen molar-refractivity contribution in [1.82, 2.24) is 10.6 Å². The van der Waals surface area contributed by atoms with Crippen LogP contribution in [0.4, 0.5) is 16.2 Å². The van der Waals surface area contributed by atoms with Crippen molar-refractivity contribution in [3.05, 3.63) is 95.1 Å². The van der Waals surface area contributed by atoms with Crippen LogP contribution in [0.3, 0.4) is 0 Å². The Kier molecular flexibility index (Phi) is 7.42. The molecule has 3 aromatic rings. The topological polar surface area (TPSA) is 105 Å². The summed E-state index contributed by atoms with van der Waals surface area (Å²) in [6.45, 7) is 3.25. The van der Waals surface area contributed by atoms with Crippen LogP contribution < -0.4 is 21.7 Å². The number of anilines is 2. The molecular formula is C30H34N4O3. The van der Waals surface area contributed by atoms with Crippen LogP contribution in [0.2, 0.25) is 0 Å². The molecule has 2 aliphatic carbocycles. The molecule has 3 unspecified atom stereocenters. The van der Waals surface area contributed by atoms with Gasteiger partial charge in [0.05, 0.1) is 17.4 Å². The fourth-order valence-corrected chi connectivity index (χ4v) is 4.47. The minimum absolute atomic E-state index is 0.217. The largest absolute Gasteiger partial charge is 0.445 e. The van der Waals surface area contributed by atoms with E-state index in [4.69, 9.17) is 10.5 Å². The monoisotopic (exact) mass is 498 g/mol. The van der Waals surface area contributed by atoms with Crippen molar-refractivity contribution in [2.75, 3.05) is 17.6 Å². The van der Waals surface area contributed by atoms with E-state index in [1.54, 1.807) is 24.3 Å². The van der Waals surface area contributed by atoms with Gasteiger partial charge in [0.25, 0.3) is 5.91 Å². The van der Waals surface area contributed by atoms with Gasteiger partial charge in [-0.15, -0.1) is 0 Å². The van der Waals surface area contributed by atoms with E-state index in [2.05, 4.69) is 28.1 Å². The maximum absolute atomic E-state index is 12.5. The smallest absolute Gasteiger partial charge is 0.407 e. The van der Waals surface area contributed by atoms with Crippen molar-refractivity contribution in [2.24, 2.45) is 5.92 Å².